The topological polar surface area (TPSA) is 67.5 Å². The average Bonchev–Trinajstić information content (AvgIpc) is 2.61. The number of carbonyl (C=O) groups is 1. The maximum absolute atomic E-state index is 12.7. The third-order valence-corrected chi connectivity index (χ3v) is 4.12. The fourth-order valence-electron chi connectivity index (χ4n) is 2.70. The summed E-state index contributed by atoms with van der Waals surface area (Å²) in [6.07, 6.45) is 4.19. The largest absolute Gasteiger partial charge is 0.478 e. The molecule has 0 bridgehead atoms. The van der Waals surface area contributed by atoms with Crippen LogP contribution in [0, 0.1) is 6.92 Å². The molecule has 3 rings (SSSR count). The molecule has 0 unspecified atom stereocenters. The van der Waals surface area contributed by atoms with Crippen molar-refractivity contribution in [2.45, 2.75) is 20.3 Å². The molecule has 3 aromatic rings. The van der Waals surface area contributed by atoms with Crippen LogP contribution in [0.2, 0.25) is 0 Å². The molecule has 0 aliphatic heterocycles. The Bertz CT molecular complexity index is 1020. The summed E-state index contributed by atoms with van der Waals surface area (Å²) in [6.45, 7) is 3.90. The minimum absolute atomic E-state index is 0.0739. The van der Waals surface area contributed by atoms with E-state index in [0.29, 0.717) is 28.7 Å². The average molecular weight is 334 g/mol. The van der Waals surface area contributed by atoms with Crippen molar-refractivity contribution in [3.8, 4) is 0 Å². The molecule has 1 N–H and O–H groups in total. The van der Waals surface area contributed by atoms with E-state index in [2.05, 4.69) is 0 Å². The first kappa shape index (κ1) is 16.7. The molecule has 0 saturated heterocycles. The minimum Gasteiger partial charge on any atom is -0.478 e. The zero-order valence-electron chi connectivity index (χ0n) is 14.1. The molecule has 25 heavy (non-hydrogen) atoms. The van der Waals surface area contributed by atoms with Crippen molar-refractivity contribution >= 4 is 29.1 Å². The lowest BCUT2D eigenvalue weighted by molar-refractivity contribution is 0.0697. The van der Waals surface area contributed by atoms with Gasteiger partial charge in [-0.3, -0.25) is 4.79 Å². The van der Waals surface area contributed by atoms with Gasteiger partial charge in [-0.2, -0.15) is 0 Å². The van der Waals surface area contributed by atoms with Crippen molar-refractivity contribution in [1.82, 2.24) is 0 Å². The zero-order chi connectivity index (χ0) is 18.0. The smallest absolute Gasteiger partial charge is 0.335 e. The zero-order valence-corrected chi connectivity index (χ0v) is 14.1. The molecule has 0 aliphatic carbocycles. The predicted octanol–water partition coefficient (Wildman–Crippen LogP) is 4.53. The second-order valence-electron chi connectivity index (χ2n) is 5.89. The monoisotopic (exact) mass is 334 g/mol. The molecule has 126 valence electrons. The highest BCUT2D eigenvalue weighted by Gasteiger charge is 2.13. The quantitative estimate of drug-likeness (QED) is 0.761. The van der Waals surface area contributed by atoms with Gasteiger partial charge in [-0.15, -0.1) is 0 Å². The summed E-state index contributed by atoms with van der Waals surface area (Å²) in [7, 11) is 0. The van der Waals surface area contributed by atoms with Gasteiger partial charge in [-0.1, -0.05) is 42.8 Å². The van der Waals surface area contributed by atoms with E-state index in [1.54, 1.807) is 6.08 Å². The van der Waals surface area contributed by atoms with Gasteiger partial charge in [0, 0.05) is 5.56 Å². The lowest BCUT2D eigenvalue weighted by Gasteiger charge is -2.06. The van der Waals surface area contributed by atoms with E-state index >= 15 is 0 Å². The number of carboxylic acids is 1. The number of benzene rings is 2. The summed E-state index contributed by atoms with van der Waals surface area (Å²) in [5, 5.41) is 9.40. The van der Waals surface area contributed by atoms with E-state index in [-0.39, 0.29) is 11.0 Å². The first-order chi connectivity index (χ1) is 12.0. The Hall–Kier alpha value is -3.14. The molecule has 0 radical (unpaired) electrons. The minimum atomic E-state index is -1.07. The van der Waals surface area contributed by atoms with Gasteiger partial charge in [0.05, 0.1) is 10.9 Å². The van der Waals surface area contributed by atoms with Gasteiger partial charge in [0.25, 0.3) is 0 Å². The standard InChI is InChI=1S/C21H18O4/c1-3-16-18(10-8-14-6-4-13(2)5-7-14)25-19-11-9-15(21(23)24)12-17(19)20(16)22/h4-12H,3H2,1-2H3,(H,23,24). The van der Waals surface area contributed by atoms with E-state index in [0.717, 1.165) is 5.56 Å². The van der Waals surface area contributed by atoms with Crippen LogP contribution in [0.4, 0.5) is 0 Å². The molecular formula is C21H18O4. The Morgan fingerprint density at radius 1 is 1.12 bits per heavy atom. The molecule has 4 nitrogen and oxygen atoms in total. The Morgan fingerprint density at radius 3 is 2.48 bits per heavy atom. The second kappa shape index (κ2) is 6.77. The highest BCUT2D eigenvalue weighted by molar-refractivity contribution is 5.93. The van der Waals surface area contributed by atoms with Crippen LogP contribution >= 0.6 is 0 Å². The summed E-state index contributed by atoms with van der Waals surface area (Å²) in [4.78, 5) is 23.8. The molecule has 0 aliphatic rings. The lowest BCUT2D eigenvalue weighted by Crippen LogP contribution is -2.11. The summed E-state index contributed by atoms with van der Waals surface area (Å²) in [6, 6.07) is 12.4. The lowest BCUT2D eigenvalue weighted by atomic mass is 10.0. The number of hydrogen-bond donors (Lipinski definition) is 1. The SMILES string of the molecule is CCc1c(C=Cc2ccc(C)cc2)oc2ccc(C(=O)O)cc2c1=O. The summed E-state index contributed by atoms with van der Waals surface area (Å²) in [5.74, 6) is -0.564. The van der Waals surface area contributed by atoms with Crippen molar-refractivity contribution < 1.29 is 14.3 Å². The molecule has 0 saturated carbocycles. The van der Waals surface area contributed by atoms with Crippen LogP contribution in [0.1, 0.15) is 39.7 Å². The van der Waals surface area contributed by atoms with Crippen molar-refractivity contribution in [1.29, 1.82) is 0 Å². The fourth-order valence-corrected chi connectivity index (χ4v) is 2.70. The van der Waals surface area contributed by atoms with Gasteiger partial charge in [0.1, 0.15) is 11.3 Å². The molecule has 0 amide bonds. The Kier molecular flexibility index (Phi) is 4.52. The van der Waals surface area contributed by atoms with Gasteiger partial charge in [0.15, 0.2) is 5.43 Å². The summed E-state index contributed by atoms with van der Waals surface area (Å²) in [5.41, 5.74) is 3.00. The van der Waals surface area contributed by atoms with Crippen LogP contribution in [0.25, 0.3) is 23.1 Å². The third kappa shape index (κ3) is 3.38. The summed E-state index contributed by atoms with van der Waals surface area (Å²) >= 11 is 0. The predicted molar refractivity (Wildman–Crippen MR) is 98.9 cm³/mol. The van der Waals surface area contributed by atoms with Crippen LogP contribution in [0.5, 0.6) is 0 Å². The first-order valence-corrected chi connectivity index (χ1v) is 8.07. The number of aromatic carboxylic acids is 1. The fraction of sp³-hybridized carbons (Fsp3) is 0.143. The van der Waals surface area contributed by atoms with E-state index in [9.17, 15) is 9.59 Å². The summed E-state index contributed by atoms with van der Waals surface area (Å²) < 4.78 is 5.87. The molecular weight excluding hydrogens is 316 g/mol. The highest BCUT2D eigenvalue weighted by atomic mass is 16.4. The van der Waals surface area contributed by atoms with Gasteiger partial charge < -0.3 is 9.52 Å². The first-order valence-electron chi connectivity index (χ1n) is 8.07. The maximum atomic E-state index is 12.7. The molecule has 0 fully saturated rings. The number of rotatable bonds is 4. The number of aryl methyl sites for hydroxylation is 1. The molecule has 0 spiro atoms. The molecule has 1 heterocycles. The number of fused-ring (bicyclic) bond motifs is 1. The number of hydrogen-bond acceptors (Lipinski definition) is 3. The van der Waals surface area contributed by atoms with Crippen LogP contribution in [-0.4, -0.2) is 11.1 Å². The van der Waals surface area contributed by atoms with Gasteiger partial charge >= 0.3 is 5.97 Å². The van der Waals surface area contributed by atoms with E-state index < -0.39 is 5.97 Å². The van der Waals surface area contributed by atoms with E-state index in [4.69, 9.17) is 9.52 Å². The molecule has 0 atom stereocenters. The molecule has 1 aromatic heterocycles. The van der Waals surface area contributed by atoms with Crippen LogP contribution < -0.4 is 5.43 Å². The van der Waals surface area contributed by atoms with Gasteiger partial charge in [-0.25, -0.2) is 4.79 Å². The second-order valence-corrected chi connectivity index (χ2v) is 5.89. The maximum Gasteiger partial charge on any atom is 0.335 e. The Balaban J connectivity index is 2.12. The van der Waals surface area contributed by atoms with Crippen molar-refractivity contribution in [2.75, 3.05) is 0 Å². The van der Waals surface area contributed by atoms with E-state index in [1.807, 2.05) is 44.2 Å². The third-order valence-electron chi connectivity index (χ3n) is 4.12. The highest BCUT2D eigenvalue weighted by Crippen LogP contribution is 2.20. The van der Waals surface area contributed by atoms with E-state index in [1.165, 1.54) is 23.8 Å². The van der Waals surface area contributed by atoms with Gasteiger partial charge in [-0.05, 0) is 43.2 Å². The van der Waals surface area contributed by atoms with Gasteiger partial charge in [0.2, 0.25) is 0 Å². The Morgan fingerprint density at radius 2 is 1.84 bits per heavy atom. The molecule has 4 heteroatoms. The van der Waals surface area contributed by atoms with Crippen LogP contribution in [-0.2, 0) is 6.42 Å². The van der Waals surface area contributed by atoms with Crippen LogP contribution in [0.3, 0.4) is 0 Å². The Labute approximate surface area is 145 Å². The normalized spacial score (nSPS) is 11.3. The van der Waals surface area contributed by atoms with Crippen molar-refractivity contribution in [3.63, 3.8) is 0 Å². The van der Waals surface area contributed by atoms with Crippen molar-refractivity contribution in [3.05, 3.63) is 80.7 Å². The molecule has 2 aromatic carbocycles. The van der Waals surface area contributed by atoms with Crippen molar-refractivity contribution in [2.24, 2.45) is 0 Å². The van der Waals surface area contributed by atoms with Crippen LogP contribution in [0.15, 0.2) is 51.7 Å². The number of carboxylic acid groups (broad SMARTS) is 1.